The molecule has 0 amide bonds. The normalized spacial score (nSPS) is 17.8. The summed E-state index contributed by atoms with van der Waals surface area (Å²) in [5.41, 5.74) is 8.52. The SMILES string of the molecule is [2H]c1cc2cc(C3CCC(C)(C)CC3)ccc2c(-c2cc(C(C)(C)C)cc(C(C)(C)C)c2C)[n+]1C. The zero-order valence-corrected chi connectivity index (χ0v) is 23.3. The summed E-state index contributed by atoms with van der Waals surface area (Å²) in [6, 6.07) is 13.9. The molecule has 1 aliphatic carbocycles. The van der Waals surface area contributed by atoms with Crippen molar-refractivity contribution in [1.82, 2.24) is 0 Å². The van der Waals surface area contributed by atoms with Gasteiger partial charge in [-0.3, -0.25) is 0 Å². The molecule has 1 nitrogen and oxygen atoms in total. The van der Waals surface area contributed by atoms with Gasteiger partial charge in [0.1, 0.15) is 8.42 Å². The van der Waals surface area contributed by atoms with Crippen molar-refractivity contribution in [2.75, 3.05) is 0 Å². The predicted molar refractivity (Wildman–Crippen MR) is 148 cm³/mol. The molecule has 1 aromatic heterocycles. The van der Waals surface area contributed by atoms with Crippen LogP contribution < -0.4 is 4.57 Å². The number of benzene rings is 2. The molecule has 182 valence electrons. The Morgan fingerprint density at radius 1 is 0.912 bits per heavy atom. The second-order valence-corrected chi connectivity index (χ2v) is 13.7. The Bertz CT molecular complexity index is 1260. The summed E-state index contributed by atoms with van der Waals surface area (Å²) >= 11 is 0. The van der Waals surface area contributed by atoms with E-state index in [1.165, 1.54) is 64.3 Å². The minimum atomic E-state index is 0.0506. The van der Waals surface area contributed by atoms with Crippen LogP contribution in [0.1, 0.15) is 111 Å². The van der Waals surface area contributed by atoms with Crippen LogP contribution in [0.4, 0.5) is 0 Å². The van der Waals surface area contributed by atoms with Crippen LogP contribution in [0.5, 0.6) is 0 Å². The summed E-state index contributed by atoms with van der Waals surface area (Å²) in [4.78, 5) is 0. The molecule has 2 aromatic carbocycles. The third-order valence-corrected chi connectivity index (χ3v) is 8.23. The Kier molecular flexibility index (Phi) is 5.90. The third-order valence-electron chi connectivity index (χ3n) is 8.23. The van der Waals surface area contributed by atoms with E-state index in [0.29, 0.717) is 17.5 Å². The molecule has 0 saturated heterocycles. The molecular weight excluding hydrogens is 410 g/mol. The van der Waals surface area contributed by atoms with Crippen LogP contribution in [0.2, 0.25) is 0 Å². The lowest BCUT2D eigenvalue weighted by molar-refractivity contribution is -0.659. The molecule has 1 heterocycles. The average molecular weight is 458 g/mol. The number of nitrogens with zero attached hydrogens (tertiary/aromatic N) is 1. The van der Waals surface area contributed by atoms with E-state index in [1.54, 1.807) is 0 Å². The molecule has 34 heavy (non-hydrogen) atoms. The largest absolute Gasteiger partial charge is 0.220 e. The van der Waals surface area contributed by atoms with Crippen molar-refractivity contribution in [3.8, 4) is 11.3 Å². The monoisotopic (exact) mass is 457 g/mol. The number of pyridine rings is 1. The highest BCUT2D eigenvalue weighted by Crippen LogP contribution is 2.43. The molecule has 0 unspecified atom stereocenters. The molecule has 0 radical (unpaired) electrons. The first-order valence-electron chi connectivity index (χ1n) is 13.7. The quantitative estimate of drug-likeness (QED) is 0.338. The molecule has 0 bridgehead atoms. The first-order chi connectivity index (χ1) is 16.1. The zero-order valence-electron chi connectivity index (χ0n) is 24.3. The van der Waals surface area contributed by atoms with E-state index >= 15 is 0 Å². The van der Waals surface area contributed by atoms with Crippen LogP contribution in [0.15, 0.2) is 42.6 Å². The van der Waals surface area contributed by atoms with E-state index in [9.17, 15) is 0 Å². The van der Waals surface area contributed by atoms with Gasteiger partial charge < -0.3 is 0 Å². The van der Waals surface area contributed by atoms with Crippen LogP contribution in [0.25, 0.3) is 22.0 Å². The molecule has 3 aromatic rings. The molecule has 0 spiro atoms. The second-order valence-electron chi connectivity index (χ2n) is 13.7. The van der Waals surface area contributed by atoms with Gasteiger partial charge in [0.2, 0.25) is 5.69 Å². The minimum absolute atomic E-state index is 0.0506. The lowest BCUT2D eigenvalue weighted by atomic mass is 9.71. The van der Waals surface area contributed by atoms with E-state index in [-0.39, 0.29) is 10.8 Å². The number of rotatable bonds is 2. The Hall–Kier alpha value is -2.15. The molecule has 1 saturated carbocycles. The molecule has 1 aliphatic rings. The van der Waals surface area contributed by atoms with Crippen LogP contribution in [0, 0.1) is 12.3 Å². The van der Waals surface area contributed by atoms with Gasteiger partial charge in [0, 0.05) is 6.07 Å². The van der Waals surface area contributed by atoms with Gasteiger partial charge in [-0.15, -0.1) is 0 Å². The maximum Gasteiger partial charge on any atom is 0.220 e. The van der Waals surface area contributed by atoms with Crippen molar-refractivity contribution in [1.29, 1.82) is 0 Å². The van der Waals surface area contributed by atoms with Gasteiger partial charge in [-0.25, -0.2) is 4.57 Å². The molecule has 1 fully saturated rings. The fraction of sp³-hybridized carbons (Fsp3) is 0.545. The first kappa shape index (κ1) is 23.6. The second kappa shape index (κ2) is 8.51. The molecule has 0 atom stereocenters. The van der Waals surface area contributed by atoms with E-state index in [2.05, 4.69) is 103 Å². The van der Waals surface area contributed by atoms with Crippen LogP contribution >= 0.6 is 0 Å². The van der Waals surface area contributed by atoms with E-state index in [0.717, 1.165) is 5.69 Å². The standard InChI is InChI=1S/C33H46N/c1-22-28(20-26(31(2,3)4)21-29(22)32(5,6)7)30-27-12-11-24(19-25(27)15-18-34(30)10)23-13-16-33(8,9)17-14-23/h11-12,15,18-21,23H,13-14,16-17H2,1-10H3/q+1/i18D. The lowest BCUT2D eigenvalue weighted by Gasteiger charge is -2.34. The van der Waals surface area contributed by atoms with Crippen molar-refractivity contribution in [2.45, 2.75) is 105 Å². The van der Waals surface area contributed by atoms with Crippen LogP contribution in [-0.2, 0) is 17.9 Å². The number of aromatic nitrogens is 1. The fourth-order valence-corrected chi connectivity index (χ4v) is 5.81. The molecular formula is C33H46N+. The van der Waals surface area contributed by atoms with Crippen LogP contribution in [-0.4, -0.2) is 0 Å². The van der Waals surface area contributed by atoms with Gasteiger partial charge in [0.15, 0.2) is 6.17 Å². The van der Waals surface area contributed by atoms with Crippen molar-refractivity contribution in [3.05, 3.63) is 64.8 Å². The Balaban J connectivity index is 1.94. The minimum Gasteiger partial charge on any atom is -0.200 e. The average Bonchev–Trinajstić information content (AvgIpc) is 2.73. The Morgan fingerprint density at radius 3 is 2.15 bits per heavy atom. The van der Waals surface area contributed by atoms with Gasteiger partial charge in [0.05, 0.1) is 10.9 Å². The van der Waals surface area contributed by atoms with Crippen molar-refractivity contribution in [3.63, 3.8) is 0 Å². The number of fused-ring (bicyclic) bond motifs is 1. The summed E-state index contributed by atoms with van der Waals surface area (Å²) in [7, 11) is 2.05. The summed E-state index contributed by atoms with van der Waals surface area (Å²) in [6.45, 7) is 20.9. The molecule has 4 rings (SSSR count). The summed E-state index contributed by atoms with van der Waals surface area (Å²) in [5.74, 6) is 0.637. The van der Waals surface area contributed by atoms with E-state index in [1.807, 2.05) is 7.05 Å². The third kappa shape index (κ3) is 4.81. The smallest absolute Gasteiger partial charge is 0.200 e. The Morgan fingerprint density at radius 2 is 1.56 bits per heavy atom. The van der Waals surface area contributed by atoms with Crippen molar-refractivity contribution >= 4 is 10.8 Å². The van der Waals surface area contributed by atoms with Gasteiger partial charge in [-0.05, 0) is 94.5 Å². The van der Waals surface area contributed by atoms with E-state index in [4.69, 9.17) is 1.37 Å². The zero-order chi connectivity index (χ0) is 25.9. The summed E-state index contributed by atoms with van der Waals surface area (Å²) in [6.07, 6.45) is 5.68. The lowest BCUT2D eigenvalue weighted by Crippen LogP contribution is -2.31. The molecule has 1 heteroatoms. The molecule has 0 N–H and O–H groups in total. The van der Waals surface area contributed by atoms with Gasteiger partial charge in [-0.2, -0.15) is 0 Å². The number of hydrogen-bond donors (Lipinski definition) is 0. The maximum atomic E-state index is 8.85. The highest BCUT2D eigenvalue weighted by atomic mass is 14.9. The summed E-state index contributed by atoms with van der Waals surface area (Å²) < 4.78 is 10.9. The van der Waals surface area contributed by atoms with E-state index < -0.39 is 0 Å². The topological polar surface area (TPSA) is 3.88 Å². The predicted octanol–water partition coefficient (Wildman–Crippen LogP) is 8.92. The first-order valence-corrected chi connectivity index (χ1v) is 13.2. The van der Waals surface area contributed by atoms with Gasteiger partial charge >= 0.3 is 0 Å². The van der Waals surface area contributed by atoms with Crippen LogP contribution in [0.3, 0.4) is 0 Å². The molecule has 0 aliphatic heterocycles. The Labute approximate surface area is 210 Å². The number of hydrogen-bond acceptors (Lipinski definition) is 0. The maximum absolute atomic E-state index is 8.85. The highest BCUT2D eigenvalue weighted by molar-refractivity contribution is 5.94. The van der Waals surface area contributed by atoms with Gasteiger partial charge in [-0.1, -0.05) is 73.6 Å². The van der Waals surface area contributed by atoms with Crippen molar-refractivity contribution < 1.29 is 5.94 Å². The van der Waals surface area contributed by atoms with Gasteiger partial charge in [0.25, 0.3) is 0 Å². The highest BCUT2D eigenvalue weighted by Gasteiger charge is 2.29. The fourth-order valence-electron chi connectivity index (χ4n) is 5.81. The van der Waals surface area contributed by atoms with Crippen molar-refractivity contribution in [2.24, 2.45) is 12.5 Å². The summed E-state index contributed by atoms with van der Waals surface area (Å²) in [5, 5.41) is 2.45.